The fraction of sp³-hybridized carbons (Fsp3) is 0.381. The van der Waals surface area contributed by atoms with Gasteiger partial charge >= 0.3 is 0 Å². The van der Waals surface area contributed by atoms with Crippen LogP contribution in [-0.4, -0.2) is 38.1 Å². The first-order chi connectivity index (χ1) is 12.6. The van der Waals surface area contributed by atoms with Crippen molar-refractivity contribution < 1.29 is 14.3 Å². The van der Waals surface area contributed by atoms with Crippen molar-refractivity contribution in [2.45, 2.75) is 25.8 Å². The van der Waals surface area contributed by atoms with E-state index >= 15 is 0 Å². The Balaban J connectivity index is 1.70. The summed E-state index contributed by atoms with van der Waals surface area (Å²) in [4.78, 5) is 14.8. The molecule has 2 aromatic carbocycles. The predicted octanol–water partition coefficient (Wildman–Crippen LogP) is 3.79. The Hall–Kier alpha value is -2.53. The highest BCUT2D eigenvalue weighted by molar-refractivity contribution is 5.93. The van der Waals surface area contributed by atoms with Crippen molar-refractivity contribution in [1.82, 2.24) is 4.90 Å². The van der Waals surface area contributed by atoms with Crippen LogP contribution < -0.4 is 14.8 Å². The van der Waals surface area contributed by atoms with Crippen LogP contribution in [0.2, 0.25) is 0 Å². The highest BCUT2D eigenvalue weighted by atomic mass is 16.5. The van der Waals surface area contributed by atoms with E-state index in [-0.39, 0.29) is 11.9 Å². The van der Waals surface area contributed by atoms with Gasteiger partial charge in [0.1, 0.15) is 0 Å². The number of ether oxygens (including phenoxy) is 2. The molecule has 0 bridgehead atoms. The molecule has 1 amide bonds. The van der Waals surface area contributed by atoms with Crippen molar-refractivity contribution in [2.24, 2.45) is 0 Å². The Morgan fingerprint density at radius 1 is 1.15 bits per heavy atom. The normalized spacial score (nSPS) is 17.1. The lowest BCUT2D eigenvalue weighted by Gasteiger charge is -2.25. The molecule has 5 nitrogen and oxygen atoms in total. The van der Waals surface area contributed by atoms with E-state index in [9.17, 15) is 4.79 Å². The number of para-hydroxylation sites is 1. The summed E-state index contributed by atoms with van der Waals surface area (Å²) in [5, 5.41) is 3.02. The van der Waals surface area contributed by atoms with Crippen LogP contribution >= 0.6 is 0 Å². The molecule has 1 aliphatic heterocycles. The summed E-state index contributed by atoms with van der Waals surface area (Å²) in [6.45, 7) is 3.30. The molecule has 1 heterocycles. The number of anilines is 1. The lowest BCUT2D eigenvalue weighted by Crippen LogP contribution is -2.33. The summed E-state index contributed by atoms with van der Waals surface area (Å²) in [7, 11) is 3.28. The van der Waals surface area contributed by atoms with Crippen LogP contribution in [0.1, 0.15) is 30.0 Å². The fourth-order valence-corrected chi connectivity index (χ4v) is 3.54. The Bertz CT molecular complexity index is 776. The molecule has 2 aromatic rings. The van der Waals surface area contributed by atoms with Crippen LogP contribution in [0.15, 0.2) is 42.5 Å². The molecule has 1 unspecified atom stereocenters. The predicted molar refractivity (Wildman–Crippen MR) is 103 cm³/mol. The number of rotatable bonds is 6. The molecule has 0 spiro atoms. The molecule has 1 N–H and O–H groups in total. The molecule has 138 valence electrons. The minimum absolute atomic E-state index is 0.0201. The van der Waals surface area contributed by atoms with Crippen LogP contribution in [0.5, 0.6) is 11.5 Å². The summed E-state index contributed by atoms with van der Waals surface area (Å²) >= 11 is 0. The molecule has 26 heavy (non-hydrogen) atoms. The smallest absolute Gasteiger partial charge is 0.238 e. The first-order valence-corrected chi connectivity index (χ1v) is 8.94. The molecule has 0 saturated carbocycles. The Morgan fingerprint density at radius 3 is 2.65 bits per heavy atom. The highest BCUT2D eigenvalue weighted by Crippen LogP contribution is 2.36. The third-order valence-corrected chi connectivity index (χ3v) is 4.92. The average molecular weight is 354 g/mol. The number of methoxy groups -OCH3 is 2. The second-order valence-electron chi connectivity index (χ2n) is 6.61. The number of nitrogens with zero attached hydrogens (tertiary/aromatic N) is 1. The van der Waals surface area contributed by atoms with Crippen LogP contribution in [0.4, 0.5) is 5.69 Å². The Kier molecular flexibility index (Phi) is 5.78. The van der Waals surface area contributed by atoms with Gasteiger partial charge in [-0.1, -0.05) is 24.3 Å². The van der Waals surface area contributed by atoms with Gasteiger partial charge in [0.15, 0.2) is 11.5 Å². The lowest BCUT2D eigenvalue weighted by molar-refractivity contribution is -0.117. The summed E-state index contributed by atoms with van der Waals surface area (Å²) in [6.07, 6.45) is 2.11. The summed E-state index contributed by atoms with van der Waals surface area (Å²) in [5.41, 5.74) is 3.10. The van der Waals surface area contributed by atoms with Gasteiger partial charge in [-0.15, -0.1) is 0 Å². The van der Waals surface area contributed by atoms with Gasteiger partial charge in [-0.05, 0) is 55.6 Å². The number of carbonyl (C=O) groups is 1. The molecule has 0 aromatic heterocycles. The molecule has 1 atom stereocenters. The number of amides is 1. The number of nitrogens with one attached hydrogen (secondary N) is 1. The summed E-state index contributed by atoms with van der Waals surface area (Å²) < 4.78 is 10.7. The van der Waals surface area contributed by atoms with Gasteiger partial charge in [0.2, 0.25) is 5.91 Å². The van der Waals surface area contributed by atoms with Gasteiger partial charge in [0.05, 0.1) is 20.8 Å². The van der Waals surface area contributed by atoms with E-state index in [0.29, 0.717) is 6.54 Å². The SMILES string of the molecule is COc1ccc(C2CCCN2CC(=O)Nc2ccccc2C)cc1OC. The van der Waals surface area contributed by atoms with Crippen LogP contribution in [0.25, 0.3) is 0 Å². The molecule has 0 radical (unpaired) electrons. The molecule has 5 heteroatoms. The van der Waals surface area contributed by atoms with E-state index in [0.717, 1.165) is 47.7 Å². The zero-order chi connectivity index (χ0) is 18.5. The van der Waals surface area contributed by atoms with E-state index in [2.05, 4.69) is 16.3 Å². The highest BCUT2D eigenvalue weighted by Gasteiger charge is 2.28. The maximum Gasteiger partial charge on any atom is 0.238 e. The largest absolute Gasteiger partial charge is 0.493 e. The van der Waals surface area contributed by atoms with Gasteiger partial charge in [-0.3, -0.25) is 9.69 Å². The van der Waals surface area contributed by atoms with Gasteiger partial charge in [-0.25, -0.2) is 0 Å². The van der Waals surface area contributed by atoms with Gasteiger partial charge in [-0.2, -0.15) is 0 Å². The quantitative estimate of drug-likeness (QED) is 0.857. The zero-order valence-electron chi connectivity index (χ0n) is 15.6. The molecule has 1 fully saturated rings. The van der Waals surface area contributed by atoms with Crippen LogP contribution in [-0.2, 0) is 4.79 Å². The van der Waals surface area contributed by atoms with Gasteiger partial charge in [0, 0.05) is 11.7 Å². The van der Waals surface area contributed by atoms with Crippen molar-refractivity contribution in [3.8, 4) is 11.5 Å². The molecule has 0 aliphatic carbocycles. The van der Waals surface area contributed by atoms with Crippen LogP contribution in [0.3, 0.4) is 0 Å². The first-order valence-electron chi connectivity index (χ1n) is 8.94. The monoisotopic (exact) mass is 354 g/mol. The van der Waals surface area contributed by atoms with Crippen molar-refractivity contribution in [3.63, 3.8) is 0 Å². The number of aryl methyl sites for hydroxylation is 1. The second kappa shape index (κ2) is 8.23. The number of hydrogen-bond acceptors (Lipinski definition) is 4. The third-order valence-electron chi connectivity index (χ3n) is 4.92. The molecule has 1 aliphatic rings. The van der Waals surface area contributed by atoms with Crippen molar-refractivity contribution >= 4 is 11.6 Å². The number of benzene rings is 2. The average Bonchev–Trinajstić information content (AvgIpc) is 3.11. The third kappa shape index (κ3) is 3.99. The van der Waals surface area contributed by atoms with E-state index in [1.165, 1.54) is 0 Å². The Labute approximate surface area is 154 Å². The van der Waals surface area contributed by atoms with Gasteiger partial charge < -0.3 is 14.8 Å². The van der Waals surface area contributed by atoms with Crippen LogP contribution in [0, 0.1) is 6.92 Å². The second-order valence-corrected chi connectivity index (χ2v) is 6.61. The van der Waals surface area contributed by atoms with Crippen molar-refractivity contribution in [3.05, 3.63) is 53.6 Å². The van der Waals surface area contributed by atoms with E-state index in [1.54, 1.807) is 14.2 Å². The first kappa shape index (κ1) is 18.3. The molecular weight excluding hydrogens is 328 g/mol. The maximum absolute atomic E-state index is 12.5. The molecule has 1 saturated heterocycles. The molecular formula is C21H26N2O3. The minimum Gasteiger partial charge on any atom is -0.493 e. The van der Waals surface area contributed by atoms with E-state index in [4.69, 9.17) is 9.47 Å². The standard InChI is InChI=1S/C21H26N2O3/c1-15-7-4-5-8-17(15)22-21(24)14-23-12-6-9-18(23)16-10-11-19(25-2)20(13-16)26-3/h4-5,7-8,10-11,13,18H,6,9,12,14H2,1-3H3,(H,22,24). The number of likely N-dealkylation sites (tertiary alicyclic amines) is 1. The van der Waals surface area contributed by atoms with E-state index in [1.807, 2.05) is 43.3 Å². The zero-order valence-corrected chi connectivity index (χ0v) is 15.6. The van der Waals surface area contributed by atoms with Crippen molar-refractivity contribution in [1.29, 1.82) is 0 Å². The summed E-state index contributed by atoms with van der Waals surface area (Å²) in [6, 6.07) is 14.1. The molecule has 3 rings (SSSR count). The maximum atomic E-state index is 12.5. The summed E-state index contributed by atoms with van der Waals surface area (Å²) in [5.74, 6) is 1.46. The van der Waals surface area contributed by atoms with Crippen molar-refractivity contribution in [2.75, 3.05) is 32.6 Å². The fourth-order valence-electron chi connectivity index (χ4n) is 3.54. The topological polar surface area (TPSA) is 50.8 Å². The number of carbonyl (C=O) groups excluding carboxylic acids is 1. The van der Waals surface area contributed by atoms with E-state index < -0.39 is 0 Å². The van der Waals surface area contributed by atoms with Gasteiger partial charge in [0.25, 0.3) is 0 Å². The number of hydrogen-bond donors (Lipinski definition) is 1. The minimum atomic E-state index is 0.0201. The Morgan fingerprint density at radius 2 is 1.92 bits per heavy atom. The lowest BCUT2D eigenvalue weighted by atomic mass is 10.0.